The minimum absolute atomic E-state index is 0.0131. The van der Waals surface area contributed by atoms with E-state index in [0.717, 1.165) is 10.9 Å². The summed E-state index contributed by atoms with van der Waals surface area (Å²) in [5.41, 5.74) is 7.59. The first kappa shape index (κ1) is 36.2. The fraction of sp³-hybridized carbons (Fsp3) is 0.323. The van der Waals surface area contributed by atoms with Crippen LogP contribution in [0, 0.1) is 0 Å². The molecular weight excluding hydrogens is 680 g/mol. The van der Waals surface area contributed by atoms with Crippen molar-refractivity contribution in [1.29, 1.82) is 0 Å². The standard InChI is InChI=1S/C31H35BrN6O9/c1-16(39)35-24(13-18-15-34-21-8-3-2-7-20(18)21)30(46)36-22(9-10-26(40)41)29(45)38-25(14-27(42)43)31(47)37-23(28(33)44)12-17-5-4-6-19(32)11-17/h2-8,11,15,22-25,34H,9-10,12-14H2,1H3,(H2,33,44)(H,35,39)(H,36,46)(H,37,47)(H,38,45)(H,40,41)(H,42,43)/t22-,23-,24+,25-/m0/s1. The van der Waals surface area contributed by atoms with Gasteiger partial charge in [0.2, 0.25) is 29.5 Å². The molecule has 16 heteroatoms. The molecule has 0 aliphatic rings. The molecule has 0 radical (unpaired) electrons. The highest BCUT2D eigenvalue weighted by Crippen LogP contribution is 2.19. The van der Waals surface area contributed by atoms with Crippen molar-refractivity contribution in [3.05, 3.63) is 70.3 Å². The minimum atomic E-state index is -1.73. The number of aromatic nitrogens is 1. The molecular formula is C31H35BrN6O9. The SMILES string of the molecule is CC(=O)N[C@H](Cc1c[nH]c2ccccc12)C(=O)N[C@@H](CCC(=O)O)C(=O)N[C@@H](CC(=O)O)C(=O)N[C@@H](Cc1cccc(Br)c1)C(N)=O. The molecule has 2 aromatic carbocycles. The second kappa shape index (κ2) is 16.9. The fourth-order valence-corrected chi connectivity index (χ4v) is 5.28. The lowest BCUT2D eigenvalue weighted by atomic mass is 10.0. The molecule has 0 spiro atoms. The first-order valence-electron chi connectivity index (χ1n) is 14.4. The van der Waals surface area contributed by atoms with Crippen molar-refractivity contribution in [1.82, 2.24) is 26.3 Å². The van der Waals surface area contributed by atoms with Gasteiger partial charge in [-0.15, -0.1) is 0 Å². The molecule has 0 unspecified atom stereocenters. The van der Waals surface area contributed by atoms with Crippen LogP contribution in [-0.4, -0.2) is 80.8 Å². The lowest BCUT2D eigenvalue weighted by Gasteiger charge is -2.25. The third-order valence-electron chi connectivity index (χ3n) is 7.07. The van der Waals surface area contributed by atoms with Crippen molar-refractivity contribution in [2.75, 3.05) is 0 Å². The van der Waals surface area contributed by atoms with Gasteiger partial charge in [0.25, 0.3) is 0 Å². The molecule has 9 N–H and O–H groups in total. The van der Waals surface area contributed by atoms with E-state index in [-0.39, 0.29) is 12.8 Å². The molecule has 0 fully saturated rings. The van der Waals surface area contributed by atoms with Gasteiger partial charge in [0.15, 0.2) is 0 Å². The van der Waals surface area contributed by atoms with E-state index in [1.807, 2.05) is 18.2 Å². The van der Waals surface area contributed by atoms with Gasteiger partial charge < -0.3 is 42.2 Å². The smallest absolute Gasteiger partial charge is 0.305 e. The third kappa shape index (κ3) is 11.2. The van der Waals surface area contributed by atoms with Gasteiger partial charge >= 0.3 is 11.9 Å². The number of aliphatic carboxylic acids is 2. The van der Waals surface area contributed by atoms with E-state index in [9.17, 15) is 43.8 Å². The summed E-state index contributed by atoms with van der Waals surface area (Å²) in [7, 11) is 0. The number of carboxylic acid groups (broad SMARTS) is 2. The average Bonchev–Trinajstić information content (AvgIpc) is 3.40. The van der Waals surface area contributed by atoms with Crippen LogP contribution in [0.3, 0.4) is 0 Å². The van der Waals surface area contributed by atoms with Crippen molar-refractivity contribution in [3.63, 3.8) is 0 Å². The Balaban J connectivity index is 1.80. The summed E-state index contributed by atoms with van der Waals surface area (Å²) in [6, 6.07) is 8.38. The number of halogens is 1. The van der Waals surface area contributed by atoms with Crippen molar-refractivity contribution in [2.45, 2.75) is 63.2 Å². The molecule has 3 aromatic rings. The number of benzene rings is 2. The van der Waals surface area contributed by atoms with Crippen LogP contribution in [0.25, 0.3) is 10.9 Å². The summed E-state index contributed by atoms with van der Waals surface area (Å²) in [6.07, 6.45) is -0.258. The molecule has 1 aromatic heterocycles. The van der Waals surface area contributed by atoms with Gasteiger partial charge in [-0.3, -0.25) is 33.6 Å². The zero-order chi connectivity index (χ0) is 34.7. The topological polar surface area (TPSA) is 250 Å². The number of nitrogens with one attached hydrogen (secondary N) is 5. The van der Waals surface area contributed by atoms with Crippen molar-refractivity contribution in [2.24, 2.45) is 5.73 Å². The number of para-hydroxylation sites is 1. The average molecular weight is 716 g/mol. The molecule has 0 aliphatic carbocycles. The van der Waals surface area contributed by atoms with E-state index in [2.05, 4.69) is 42.2 Å². The number of aromatic amines is 1. The Morgan fingerprint density at radius 3 is 2.06 bits per heavy atom. The third-order valence-corrected chi connectivity index (χ3v) is 7.57. The summed E-state index contributed by atoms with van der Waals surface area (Å²) < 4.78 is 0.706. The number of hydrogen-bond donors (Lipinski definition) is 8. The van der Waals surface area contributed by atoms with E-state index in [0.29, 0.717) is 15.6 Å². The molecule has 47 heavy (non-hydrogen) atoms. The molecule has 0 saturated heterocycles. The number of nitrogens with two attached hydrogens (primary N) is 1. The second-order valence-electron chi connectivity index (χ2n) is 10.8. The number of carbonyl (C=O) groups excluding carboxylic acids is 5. The fourth-order valence-electron chi connectivity index (χ4n) is 4.83. The maximum absolute atomic E-state index is 13.4. The molecule has 3 rings (SSSR count). The monoisotopic (exact) mass is 714 g/mol. The van der Waals surface area contributed by atoms with Gasteiger partial charge in [-0.25, -0.2) is 0 Å². The second-order valence-corrected chi connectivity index (χ2v) is 11.7. The first-order valence-corrected chi connectivity index (χ1v) is 15.2. The number of fused-ring (bicyclic) bond motifs is 1. The van der Waals surface area contributed by atoms with Gasteiger partial charge in [-0.1, -0.05) is 46.3 Å². The molecule has 4 atom stereocenters. The zero-order valence-corrected chi connectivity index (χ0v) is 26.8. The van der Waals surface area contributed by atoms with Crippen LogP contribution in [0.1, 0.15) is 37.3 Å². The largest absolute Gasteiger partial charge is 0.481 e. The highest BCUT2D eigenvalue weighted by Gasteiger charge is 2.32. The zero-order valence-electron chi connectivity index (χ0n) is 25.2. The summed E-state index contributed by atoms with van der Waals surface area (Å²) in [5.74, 6) is -7.13. The molecule has 5 amide bonds. The van der Waals surface area contributed by atoms with Crippen LogP contribution in [-0.2, 0) is 46.4 Å². The molecule has 250 valence electrons. The number of carbonyl (C=O) groups is 7. The van der Waals surface area contributed by atoms with Crippen LogP contribution >= 0.6 is 15.9 Å². The molecule has 0 bridgehead atoms. The summed E-state index contributed by atoms with van der Waals surface area (Å²) in [5, 5.41) is 29.1. The number of H-pyrrole nitrogens is 1. The summed E-state index contributed by atoms with van der Waals surface area (Å²) in [6.45, 7) is 1.20. The van der Waals surface area contributed by atoms with E-state index in [1.165, 1.54) is 6.92 Å². The molecule has 1 heterocycles. The van der Waals surface area contributed by atoms with Crippen LogP contribution in [0.2, 0.25) is 0 Å². The number of carboxylic acids is 2. The van der Waals surface area contributed by atoms with E-state index in [1.54, 1.807) is 36.5 Å². The Kier molecular flexibility index (Phi) is 13.0. The quantitative estimate of drug-likeness (QED) is 0.0968. The maximum atomic E-state index is 13.4. The highest BCUT2D eigenvalue weighted by molar-refractivity contribution is 9.10. The van der Waals surface area contributed by atoms with Gasteiger partial charge in [-0.05, 0) is 35.7 Å². The minimum Gasteiger partial charge on any atom is -0.481 e. The number of rotatable bonds is 17. The summed E-state index contributed by atoms with van der Waals surface area (Å²) >= 11 is 3.31. The lowest BCUT2D eigenvalue weighted by molar-refractivity contribution is -0.141. The first-order chi connectivity index (χ1) is 22.2. The predicted octanol–water partition coefficient (Wildman–Crippen LogP) is 0.500. The Hall–Kier alpha value is -5.25. The van der Waals surface area contributed by atoms with Crippen molar-refractivity contribution >= 4 is 68.3 Å². The van der Waals surface area contributed by atoms with E-state index in [4.69, 9.17) is 5.73 Å². The molecule has 0 aliphatic heterocycles. The van der Waals surface area contributed by atoms with Gasteiger partial charge in [0, 0.05) is 47.8 Å². The van der Waals surface area contributed by atoms with E-state index >= 15 is 0 Å². The molecule has 15 nitrogen and oxygen atoms in total. The van der Waals surface area contributed by atoms with Gasteiger partial charge in [0.05, 0.1) is 6.42 Å². The summed E-state index contributed by atoms with van der Waals surface area (Å²) in [4.78, 5) is 90.2. The van der Waals surface area contributed by atoms with Crippen LogP contribution in [0.4, 0.5) is 0 Å². The lowest BCUT2D eigenvalue weighted by Crippen LogP contribution is -2.58. The van der Waals surface area contributed by atoms with Crippen LogP contribution < -0.4 is 27.0 Å². The predicted molar refractivity (Wildman–Crippen MR) is 172 cm³/mol. The normalized spacial score (nSPS) is 13.4. The van der Waals surface area contributed by atoms with Gasteiger partial charge in [0.1, 0.15) is 24.2 Å². The highest BCUT2D eigenvalue weighted by atomic mass is 79.9. The van der Waals surface area contributed by atoms with Crippen molar-refractivity contribution < 1.29 is 43.8 Å². The van der Waals surface area contributed by atoms with Crippen LogP contribution in [0.15, 0.2) is 59.2 Å². The van der Waals surface area contributed by atoms with E-state index < -0.39 is 84.9 Å². The Labute approximate surface area is 277 Å². The number of primary amides is 1. The Bertz CT molecular complexity index is 1660. The number of amides is 5. The molecule has 0 saturated carbocycles. The Morgan fingerprint density at radius 2 is 1.43 bits per heavy atom. The van der Waals surface area contributed by atoms with Gasteiger partial charge in [-0.2, -0.15) is 0 Å². The van der Waals surface area contributed by atoms with Crippen LogP contribution in [0.5, 0.6) is 0 Å². The maximum Gasteiger partial charge on any atom is 0.305 e. The Morgan fingerprint density at radius 1 is 0.787 bits per heavy atom. The number of hydrogen-bond acceptors (Lipinski definition) is 7. The van der Waals surface area contributed by atoms with Crippen molar-refractivity contribution in [3.8, 4) is 0 Å².